The average Bonchev–Trinajstić information content (AvgIpc) is 2.60. The molecule has 0 atom stereocenters. The van der Waals surface area contributed by atoms with Crippen molar-refractivity contribution >= 4 is 50.4 Å². The van der Waals surface area contributed by atoms with Crippen molar-refractivity contribution in [2.45, 2.75) is 18.0 Å². The van der Waals surface area contributed by atoms with Crippen LogP contribution < -0.4 is 15.9 Å². The van der Waals surface area contributed by atoms with Crippen molar-refractivity contribution in [2.75, 3.05) is 5.32 Å². The predicted octanol–water partition coefficient (Wildman–Crippen LogP) is 3.72. The summed E-state index contributed by atoms with van der Waals surface area (Å²) in [5.74, 6) is 0. The van der Waals surface area contributed by atoms with Crippen LogP contribution in [0.4, 0.5) is 18.9 Å². The molecule has 0 fully saturated rings. The molecule has 150 valence electrons. The monoisotopic (exact) mass is 450 g/mol. The maximum absolute atomic E-state index is 12.8. The minimum atomic E-state index is -4.52. The van der Waals surface area contributed by atoms with Gasteiger partial charge in [-0.2, -0.15) is 18.3 Å². The van der Waals surface area contributed by atoms with E-state index in [1.807, 2.05) is 0 Å². The molecule has 0 radical (unpaired) electrons. The van der Waals surface area contributed by atoms with E-state index in [1.54, 1.807) is 6.92 Å². The van der Waals surface area contributed by atoms with E-state index in [-0.39, 0.29) is 20.7 Å². The van der Waals surface area contributed by atoms with Crippen LogP contribution in [0.3, 0.4) is 0 Å². The molecule has 0 amide bonds. The fourth-order valence-electron chi connectivity index (χ4n) is 2.03. The Morgan fingerprint density at radius 2 is 1.79 bits per heavy atom. The molecule has 0 aliphatic heterocycles. The van der Waals surface area contributed by atoms with Gasteiger partial charge in [0.2, 0.25) is 10.0 Å². The summed E-state index contributed by atoms with van der Waals surface area (Å²) in [4.78, 5) is -0.0478. The van der Waals surface area contributed by atoms with Gasteiger partial charge in [0.1, 0.15) is 0 Å². The molecule has 0 aliphatic rings. The molecule has 4 N–H and O–H groups in total. The molecule has 2 aromatic rings. The fourth-order valence-corrected chi connectivity index (χ4v) is 2.87. The van der Waals surface area contributed by atoms with E-state index < -0.39 is 21.8 Å². The van der Waals surface area contributed by atoms with Gasteiger partial charge >= 0.3 is 6.18 Å². The van der Waals surface area contributed by atoms with Crippen LogP contribution in [0.15, 0.2) is 52.5 Å². The quantitative estimate of drug-likeness (QED) is 0.375. The molecule has 0 aliphatic carbocycles. The first-order valence-electron chi connectivity index (χ1n) is 7.49. The summed E-state index contributed by atoms with van der Waals surface area (Å²) in [5, 5.41) is 11.5. The number of rotatable bonds is 4. The number of hydrazone groups is 1. The first-order valence-corrected chi connectivity index (χ1v) is 9.82. The third kappa shape index (κ3) is 5.89. The van der Waals surface area contributed by atoms with Crippen LogP contribution in [-0.2, 0) is 16.2 Å². The Morgan fingerprint density at radius 1 is 1.18 bits per heavy atom. The van der Waals surface area contributed by atoms with E-state index in [4.69, 9.17) is 29.0 Å². The molecule has 6 nitrogen and oxygen atoms in total. The number of nitrogens with two attached hydrogens (primary N) is 1. The van der Waals surface area contributed by atoms with Crippen molar-refractivity contribution in [3.8, 4) is 0 Å². The highest BCUT2D eigenvalue weighted by molar-refractivity contribution is 7.89. The standard InChI is InChI=1S/C16H14ClF3N4O2S2/c1-9(10-2-5-12(6-3-10)28(21,25)26)23-24-15(27)22-14-8-11(16(18,19)20)4-7-13(14)17/h2-8H,1H3,(H2,21,25,26)(H2,22,24,27)/b23-9+. The summed E-state index contributed by atoms with van der Waals surface area (Å²) < 4.78 is 60.9. The van der Waals surface area contributed by atoms with Crippen LogP contribution >= 0.6 is 23.8 Å². The number of anilines is 1. The summed E-state index contributed by atoms with van der Waals surface area (Å²) in [6.45, 7) is 1.62. The number of sulfonamides is 1. The van der Waals surface area contributed by atoms with Gasteiger partial charge in [-0.05, 0) is 55.0 Å². The van der Waals surface area contributed by atoms with Gasteiger partial charge in [0, 0.05) is 0 Å². The number of alkyl halides is 3. The van der Waals surface area contributed by atoms with E-state index >= 15 is 0 Å². The average molecular weight is 451 g/mol. The second kappa shape index (κ2) is 8.43. The lowest BCUT2D eigenvalue weighted by Gasteiger charge is -2.13. The second-order valence-corrected chi connectivity index (χ2v) is 7.90. The molecular formula is C16H14ClF3N4O2S2. The highest BCUT2D eigenvalue weighted by Crippen LogP contribution is 2.33. The normalized spacial score (nSPS) is 12.6. The molecule has 0 heterocycles. The zero-order chi connectivity index (χ0) is 21.1. The van der Waals surface area contributed by atoms with Gasteiger partial charge in [0.25, 0.3) is 0 Å². The van der Waals surface area contributed by atoms with E-state index in [0.29, 0.717) is 11.3 Å². The predicted molar refractivity (Wildman–Crippen MR) is 106 cm³/mol. The summed E-state index contributed by atoms with van der Waals surface area (Å²) in [5.41, 5.74) is 2.61. The Bertz CT molecular complexity index is 1020. The van der Waals surface area contributed by atoms with Crippen molar-refractivity contribution in [3.05, 3.63) is 58.6 Å². The molecule has 0 bridgehead atoms. The number of nitrogens with one attached hydrogen (secondary N) is 2. The van der Waals surface area contributed by atoms with Gasteiger partial charge in [-0.3, -0.25) is 5.43 Å². The van der Waals surface area contributed by atoms with Crippen LogP contribution in [0.5, 0.6) is 0 Å². The molecule has 0 saturated carbocycles. The van der Waals surface area contributed by atoms with E-state index in [2.05, 4.69) is 15.8 Å². The smallest absolute Gasteiger partial charge is 0.330 e. The molecule has 2 rings (SSSR count). The number of hydrogen-bond acceptors (Lipinski definition) is 4. The Balaban J connectivity index is 2.09. The third-order valence-electron chi connectivity index (χ3n) is 3.47. The summed E-state index contributed by atoms with van der Waals surface area (Å²) in [6.07, 6.45) is -4.52. The molecule has 0 unspecified atom stereocenters. The highest BCUT2D eigenvalue weighted by Gasteiger charge is 2.31. The summed E-state index contributed by atoms with van der Waals surface area (Å²) >= 11 is 10.9. The van der Waals surface area contributed by atoms with Crippen molar-refractivity contribution in [3.63, 3.8) is 0 Å². The van der Waals surface area contributed by atoms with Crippen LogP contribution in [0.2, 0.25) is 5.02 Å². The Kier molecular flexibility index (Phi) is 6.65. The van der Waals surface area contributed by atoms with Gasteiger partial charge in [0.05, 0.1) is 26.9 Å². The maximum atomic E-state index is 12.8. The number of primary sulfonamides is 1. The van der Waals surface area contributed by atoms with Crippen molar-refractivity contribution in [1.29, 1.82) is 0 Å². The lowest BCUT2D eigenvalue weighted by atomic mass is 10.1. The Labute approximate surface area is 169 Å². The molecule has 0 spiro atoms. The molecular weight excluding hydrogens is 437 g/mol. The van der Waals surface area contributed by atoms with Crippen molar-refractivity contribution in [1.82, 2.24) is 5.43 Å². The molecule has 28 heavy (non-hydrogen) atoms. The van der Waals surface area contributed by atoms with Crippen LogP contribution in [0.1, 0.15) is 18.1 Å². The van der Waals surface area contributed by atoms with Gasteiger partial charge in [0.15, 0.2) is 5.11 Å². The first-order chi connectivity index (χ1) is 12.9. The zero-order valence-corrected chi connectivity index (χ0v) is 16.6. The minimum Gasteiger partial charge on any atom is -0.330 e. The van der Waals surface area contributed by atoms with Crippen LogP contribution in [-0.4, -0.2) is 19.2 Å². The van der Waals surface area contributed by atoms with Crippen molar-refractivity contribution < 1.29 is 21.6 Å². The number of hydrogen-bond donors (Lipinski definition) is 3. The summed E-state index contributed by atoms with van der Waals surface area (Å²) in [7, 11) is -3.80. The zero-order valence-electron chi connectivity index (χ0n) is 14.2. The van der Waals surface area contributed by atoms with E-state index in [9.17, 15) is 21.6 Å². The molecule has 12 heteroatoms. The van der Waals surface area contributed by atoms with Crippen LogP contribution in [0.25, 0.3) is 0 Å². The fraction of sp³-hybridized carbons (Fsp3) is 0.125. The second-order valence-electron chi connectivity index (χ2n) is 5.52. The lowest BCUT2D eigenvalue weighted by Crippen LogP contribution is -2.25. The molecule has 2 aromatic carbocycles. The van der Waals surface area contributed by atoms with Gasteiger partial charge < -0.3 is 5.32 Å². The number of halogens is 4. The summed E-state index contributed by atoms with van der Waals surface area (Å²) in [6, 6.07) is 8.44. The third-order valence-corrected chi connectivity index (χ3v) is 4.92. The van der Waals surface area contributed by atoms with Gasteiger partial charge in [-0.1, -0.05) is 23.7 Å². The number of nitrogens with zero attached hydrogens (tertiary/aromatic N) is 1. The van der Waals surface area contributed by atoms with Gasteiger partial charge in [-0.25, -0.2) is 13.6 Å². The number of benzene rings is 2. The Hall–Kier alpha value is -2.21. The van der Waals surface area contributed by atoms with E-state index in [1.165, 1.54) is 24.3 Å². The molecule has 0 saturated heterocycles. The van der Waals surface area contributed by atoms with E-state index in [0.717, 1.165) is 18.2 Å². The Morgan fingerprint density at radius 3 is 2.32 bits per heavy atom. The highest BCUT2D eigenvalue weighted by atomic mass is 35.5. The molecule has 0 aromatic heterocycles. The first kappa shape index (κ1) is 22.1. The topological polar surface area (TPSA) is 96.6 Å². The minimum absolute atomic E-state index is 0.0284. The SMILES string of the molecule is C/C(=N\NC(=S)Nc1cc(C(F)(F)F)ccc1Cl)c1ccc(S(N)(=O)=O)cc1. The van der Waals surface area contributed by atoms with Crippen LogP contribution in [0, 0.1) is 0 Å². The largest absolute Gasteiger partial charge is 0.416 e. The number of thiocarbonyl (C=S) groups is 1. The van der Waals surface area contributed by atoms with Gasteiger partial charge in [-0.15, -0.1) is 0 Å². The lowest BCUT2D eigenvalue weighted by molar-refractivity contribution is -0.137. The maximum Gasteiger partial charge on any atom is 0.416 e. The van der Waals surface area contributed by atoms with Crippen molar-refractivity contribution in [2.24, 2.45) is 10.2 Å².